The molecule has 0 aliphatic heterocycles. The number of ether oxygens (including phenoxy) is 1. The van der Waals surface area contributed by atoms with Crippen LogP contribution >= 0.6 is 8.22 Å². The third-order valence-electron chi connectivity index (χ3n) is 4.29. The van der Waals surface area contributed by atoms with Crippen LogP contribution < -0.4 is 10.0 Å². The molecule has 0 unspecified atom stereocenters. The number of hydrogen-bond acceptors (Lipinski definition) is 3. The number of hydrogen-bond donors (Lipinski definition) is 0. The first kappa shape index (κ1) is 19.9. The normalized spacial score (nSPS) is 11.5. The van der Waals surface area contributed by atoms with Crippen molar-refractivity contribution in [2.75, 3.05) is 26.2 Å². The minimum Gasteiger partial charge on any atom is -0.489 e. The molecule has 3 nitrogen and oxygen atoms in total. The molecule has 2 aromatic rings. The van der Waals surface area contributed by atoms with Crippen LogP contribution in [-0.4, -0.2) is 35.5 Å². The fraction of sp³-hybridized carbons (Fsp3) is 0.429. The van der Waals surface area contributed by atoms with E-state index in [0.717, 1.165) is 31.9 Å². The van der Waals surface area contributed by atoms with Gasteiger partial charge in [-0.2, -0.15) is 0 Å². The maximum absolute atomic E-state index is 6.05. The zero-order chi connectivity index (χ0) is 18.1. The van der Waals surface area contributed by atoms with E-state index in [4.69, 9.17) is 4.74 Å². The average Bonchev–Trinajstić information content (AvgIpc) is 2.68. The lowest BCUT2D eigenvalue weighted by Gasteiger charge is -2.37. The van der Waals surface area contributed by atoms with Gasteiger partial charge in [-0.15, -0.1) is 0 Å². The Kier molecular flexibility index (Phi) is 8.40. The zero-order valence-corrected chi connectivity index (χ0v) is 16.9. The summed E-state index contributed by atoms with van der Waals surface area (Å²) in [6.07, 6.45) is 0. The SMILES string of the molecule is CCN(CC)P(c1cccc(OCc2ccccc2)c1)N(CC)CC. The highest BCUT2D eigenvalue weighted by molar-refractivity contribution is 7.61. The molecular formula is C21H31N2OP. The van der Waals surface area contributed by atoms with Gasteiger partial charge < -0.3 is 4.74 Å². The van der Waals surface area contributed by atoms with Crippen molar-refractivity contribution in [2.24, 2.45) is 0 Å². The van der Waals surface area contributed by atoms with Gasteiger partial charge in [0.15, 0.2) is 0 Å². The Balaban J connectivity index is 2.20. The second kappa shape index (κ2) is 10.6. The standard InChI is InChI=1S/C21H31N2OP/c1-5-22(6-2)25(23(7-3)8-4)21-16-12-15-20(17-21)24-18-19-13-10-9-11-14-19/h9-17H,5-8,18H2,1-4H3. The number of benzene rings is 2. The van der Waals surface area contributed by atoms with E-state index in [2.05, 4.69) is 85.6 Å². The van der Waals surface area contributed by atoms with Gasteiger partial charge in [-0.3, -0.25) is 9.34 Å². The van der Waals surface area contributed by atoms with E-state index >= 15 is 0 Å². The third-order valence-corrected chi connectivity index (χ3v) is 7.24. The van der Waals surface area contributed by atoms with E-state index in [1.54, 1.807) is 0 Å². The lowest BCUT2D eigenvalue weighted by atomic mass is 10.2. The second-order valence-corrected chi connectivity index (χ2v) is 8.07. The van der Waals surface area contributed by atoms with Gasteiger partial charge in [-0.1, -0.05) is 70.2 Å². The van der Waals surface area contributed by atoms with Crippen molar-refractivity contribution in [3.63, 3.8) is 0 Å². The molecule has 0 heterocycles. The first-order valence-corrected chi connectivity index (χ1v) is 10.5. The van der Waals surface area contributed by atoms with Crippen LogP contribution in [0, 0.1) is 0 Å². The van der Waals surface area contributed by atoms with Crippen LogP contribution in [0.25, 0.3) is 0 Å². The molecular weight excluding hydrogens is 327 g/mol. The van der Waals surface area contributed by atoms with Gasteiger partial charge in [-0.05, 0) is 17.7 Å². The van der Waals surface area contributed by atoms with Crippen molar-refractivity contribution >= 4 is 13.5 Å². The van der Waals surface area contributed by atoms with Gasteiger partial charge in [0, 0.05) is 31.5 Å². The minimum absolute atomic E-state index is 0.478. The summed E-state index contributed by atoms with van der Waals surface area (Å²) >= 11 is 0. The summed E-state index contributed by atoms with van der Waals surface area (Å²) in [5.41, 5.74) is 1.20. The van der Waals surface area contributed by atoms with Gasteiger partial charge in [0.25, 0.3) is 0 Å². The molecule has 25 heavy (non-hydrogen) atoms. The highest BCUT2D eigenvalue weighted by Crippen LogP contribution is 2.43. The first-order valence-electron chi connectivity index (χ1n) is 9.30. The summed E-state index contributed by atoms with van der Waals surface area (Å²) < 4.78 is 11.2. The number of nitrogens with zero attached hydrogens (tertiary/aromatic N) is 2. The number of rotatable bonds is 10. The van der Waals surface area contributed by atoms with Crippen LogP contribution in [0.5, 0.6) is 5.75 Å². The van der Waals surface area contributed by atoms with E-state index in [0.29, 0.717) is 6.61 Å². The van der Waals surface area contributed by atoms with E-state index in [9.17, 15) is 0 Å². The van der Waals surface area contributed by atoms with Crippen LogP contribution in [0.1, 0.15) is 33.3 Å². The molecule has 2 aromatic carbocycles. The molecule has 0 fully saturated rings. The summed E-state index contributed by atoms with van der Waals surface area (Å²) in [6.45, 7) is 13.9. The molecule has 0 aliphatic rings. The largest absolute Gasteiger partial charge is 0.489 e. The minimum atomic E-state index is -0.478. The smallest absolute Gasteiger partial charge is 0.120 e. The molecule has 0 amide bonds. The molecule has 2 rings (SSSR count). The molecule has 0 aliphatic carbocycles. The Morgan fingerprint density at radius 2 is 1.36 bits per heavy atom. The Morgan fingerprint density at radius 1 is 0.760 bits per heavy atom. The van der Waals surface area contributed by atoms with Gasteiger partial charge >= 0.3 is 0 Å². The summed E-state index contributed by atoms with van der Waals surface area (Å²) in [4.78, 5) is 0. The molecule has 0 saturated heterocycles. The Morgan fingerprint density at radius 3 is 1.92 bits per heavy atom. The van der Waals surface area contributed by atoms with Gasteiger partial charge in [0.2, 0.25) is 0 Å². The van der Waals surface area contributed by atoms with E-state index in [1.807, 2.05) is 6.07 Å². The van der Waals surface area contributed by atoms with Gasteiger partial charge in [0.1, 0.15) is 12.4 Å². The molecule has 0 N–H and O–H groups in total. The monoisotopic (exact) mass is 358 g/mol. The maximum Gasteiger partial charge on any atom is 0.120 e. The molecule has 136 valence electrons. The van der Waals surface area contributed by atoms with Crippen molar-refractivity contribution in [1.29, 1.82) is 0 Å². The highest BCUT2D eigenvalue weighted by Gasteiger charge is 2.23. The zero-order valence-electron chi connectivity index (χ0n) is 16.0. The summed E-state index contributed by atoms with van der Waals surface area (Å²) in [6, 6.07) is 19.0. The van der Waals surface area contributed by atoms with Gasteiger partial charge in [0.05, 0.1) is 8.22 Å². The fourth-order valence-corrected chi connectivity index (χ4v) is 5.47. The second-order valence-electron chi connectivity index (χ2n) is 5.84. The van der Waals surface area contributed by atoms with E-state index in [1.165, 1.54) is 10.9 Å². The third kappa shape index (κ3) is 5.54. The summed E-state index contributed by atoms with van der Waals surface area (Å²) in [5, 5.41) is 1.37. The maximum atomic E-state index is 6.05. The van der Waals surface area contributed by atoms with Crippen molar-refractivity contribution in [1.82, 2.24) is 9.34 Å². The molecule has 0 bridgehead atoms. The fourth-order valence-electron chi connectivity index (χ4n) is 2.93. The topological polar surface area (TPSA) is 15.7 Å². The van der Waals surface area contributed by atoms with Crippen LogP contribution in [0.15, 0.2) is 54.6 Å². The predicted molar refractivity (Wildman–Crippen MR) is 110 cm³/mol. The summed E-state index contributed by atoms with van der Waals surface area (Å²) in [7, 11) is -0.478. The molecule has 0 atom stereocenters. The van der Waals surface area contributed by atoms with E-state index in [-0.39, 0.29) is 0 Å². The lowest BCUT2D eigenvalue weighted by Crippen LogP contribution is -2.33. The quantitative estimate of drug-likeness (QED) is 0.563. The molecule has 0 radical (unpaired) electrons. The van der Waals surface area contributed by atoms with Crippen molar-refractivity contribution in [2.45, 2.75) is 34.3 Å². The van der Waals surface area contributed by atoms with Crippen LogP contribution in [-0.2, 0) is 6.61 Å². The lowest BCUT2D eigenvalue weighted by molar-refractivity contribution is 0.306. The predicted octanol–water partition coefficient (Wildman–Crippen LogP) is 4.89. The molecule has 4 heteroatoms. The Hall–Kier alpha value is -1.41. The van der Waals surface area contributed by atoms with Crippen molar-refractivity contribution < 1.29 is 4.74 Å². The van der Waals surface area contributed by atoms with Crippen molar-refractivity contribution in [3.8, 4) is 5.75 Å². The van der Waals surface area contributed by atoms with Crippen molar-refractivity contribution in [3.05, 3.63) is 60.2 Å². The van der Waals surface area contributed by atoms with Crippen LogP contribution in [0.4, 0.5) is 0 Å². The average molecular weight is 358 g/mol. The molecule has 0 spiro atoms. The van der Waals surface area contributed by atoms with Crippen LogP contribution in [0.2, 0.25) is 0 Å². The molecule has 0 saturated carbocycles. The first-order chi connectivity index (χ1) is 12.2. The van der Waals surface area contributed by atoms with Crippen LogP contribution in [0.3, 0.4) is 0 Å². The summed E-state index contributed by atoms with van der Waals surface area (Å²) in [5.74, 6) is 0.952. The Bertz CT molecular complexity index is 600. The Labute approximate surface area is 154 Å². The molecule has 0 aromatic heterocycles. The van der Waals surface area contributed by atoms with Gasteiger partial charge in [-0.25, -0.2) is 0 Å². The van der Waals surface area contributed by atoms with E-state index < -0.39 is 8.22 Å². The highest BCUT2D eigenvalue weighted by atomic mass is 31.1.